The number of rotatable bonds is 0. The molecule has 0 aromatic heterocycles. The van der Waals surface area contributed by atoms with Gasteiger partial charge < -0.3 is 10.5 Å². The highest BCUT2D eigenvalue weighted by Gasteiger charge is 2.49. The summed E-state index contributed by atoms with van der Waals surface area (Å²) in [6.45, 7) is 2.06. The van der Waals surface area contributed by atoms with Gasteiger partial charge in [0.15, 0.2) is 5.60 Å². The zero-order chi connectivity index (χ0) is 12.0. The number of alkyl halides is 1. The Bertz CT molecular complexity index is 500. The number of hydrogen-bond acceptors (Lipinski definition) is 3. The van der Waals surface area contributed by atoms with Crippen LogP contribution in [0, 0.1) is 6.92 Å². The van der Waals surface area contributed by atoms with Gasteiger partial charge >= 0.3 is 0 Å². The molecule has 2 aliphatic rings. The fourth-order valence-electron chi connectivity index (χ4n) is 2.88. The van der Waals surface area contributed by atoms with E-state index in [0.29, 0.717) is 4.83 Å². The molecule has 17 heavy (non-hydrogen) atoms. The number of aryl methyl sites for hydroxylation is 1. The molecule has 2 atom stereocenters. The Labute approximate surface area is 109 Å². The lowest BCUT2D eigenvalue weighted by atomic mass is 9.88. The lowest BCUT2D eigenvalue weighted by Gasteiger charge is -2.37. The van der Waals surface area contributed by atoms with Gasteiger partial charge in [-0.3, -0.25) is 0 Å². The van der Waals surface area contributed by atoms with Crippen LogP contribution in [-0.4, -0.2) is 10.8 Å². The Morgan fingerprint density at radius 3 is 3.06 bits per heavy atom. The van der Waals surface area contributed by atoms with Crippen LogP contribution in [0.4, 0.5) is 5.69 Å². The summed E-state index contributed by atoms with van der Waals surface area (Å²) in [6, 6.07) is 6.53. The minimum Gasteiger partial charge on any atom is -0.452 e. The predicted octanol–water partition coefficient (Wildman–Crippen LogP) is 3.11. The van der Waals surface area contributed by atoms with Crippen molar-refractivity contribution in [2.45, 2.75) is 36.6 Å². The molecule has 1 aliphatic heterocycles. The van der Waals surface area contributed by atoms with Gasteiger partial charge in [-0.2, -0.15) is 4.99 Å². The summed E-state index contributed by atoms with van der Waals surface area (Å²) in [5.41, 5.74) is 8.84. The Balaban J connectivity index is 2.23. The summed E-state index contributed by atoms with van der Waals surface area (Å²) in [4.78, 5) is 4.66. The third-order valence-electron chi connectivity index (χ3n) is 3.71. The molecule has 4 heteroatoms. The number of aliphatic imine (C=N–C) groups is 1. The molecule has 1 saturated carbocycles. The van der Waals surface area contributed by atoms with Gasteiger partial charge in [0.05, 0.1) is 10.5 Å². The molecule has 3 rings (SSSR count). The summed E-state index contributed by atoms with van der Waals surface area (Å²) in [6.07, 6.45) is 3.26. The molecule has 3 nitrogen and oxygen atoms in total. The quantitative estimate of drug-likeness (QED) is 0.748. The standard InChI is InChI=1S/C13H15BrN2O/c1-8-4-2-5-9-11(8)16-12(15)17-13(9)7-3-6-10(13)14/h2,4-5,10H,3,6-7H2,1H3,(H2,15,16)/t10-,13+/m1/s1. The molecule has 0 saturated heterocycles. The van der Waals surface area contributed by atoms with Crippen molar-refractivity contribution in [2.24, 2.45) is 10.7 Å². The van der Waals surface area contributed by atoms with Gasteiger partial charge in [-0.15, -0.1) is 0 Å². The van der Waals surface area contributed by atoms with E-state index in [-0.39, 0.29) is 11.6 Å². The summed E-state index contributed by atoms with van der Waals surface area (Å²) < 4.78 is 5.91. The second-order valence-corrected chi connectivity index (χ2v) is 5.88. The minimum absolute atomic E-state index is 0.290. The van der Waals surface area contributed by atoms with E-state index < -0.39 is 0 Å². The largest absolute Gasteiger partial charge is 0.452 e. The number of benzene rings is 1. The lowest BCUT2D eigenvalue weighted by Crippen LogP contribution is -2.41. The van der Waals surface area contributed by atoms with E-state index in [9.17, 15) is 0 Å². The van der Waals surface area contributed by atoms with Crippen molar-refractivity contribution in [3.05, 3.63) is 29.3 Å². The van der Waals surface area contributed by atoms with Crippen LogP contribution in [0.25, 0.3) is 0 Å². The number of hydrogen-bond donors (Lipinski definition) is 1. The van der Waals surface area contributed by atoms with Crippen molar-refractivity contribution in [1.82, 2.24) is 0 Å². The highest BCUT2D eigenvalue weighted by molar-refractivity contribution is 9.09. The summed E-state index contributed by atoms with van der Waals surface area (Å²) >= 11 is 3.74. The van der Waals surface area contributed by atoms with Crippen LogP contribution in [0.5, 0.6) is 0 Å². The van der Waals surface area contributed by atoms with Crippen molar-refractivity contribution in [1.29, 1.82) is 0 Å². The highest BCUT2D eigenvalue weighted by atomic mass is 79.9. The van der Waals surface area contributed by atoms with E-state index in [4.69, 9.17) is 10.5 Å². The summed E-state index contributed by atoms with van der Waals surface area (Å²) in [7, 11) is 0. The third-order valence-corrected chi connectivity index (χ3v) is 4.91. The minimum atomic E-state index is -0.312. The summed E-state index contributed by atoms with van der Waals surface area (Å²) in [5, 5.41) is 0. The molecule has 2 N–H and O–H groups in total. The monoisotopic (exact) mass is 294 g/mol. The number of nitrogens with two attached hydrogens (primary N) is 1. The van der Waals surface area contributed by atoms with E-state index in [1.165, 1.54) is 5.56 Å². The molecule has 1 heterocycles. The Morgan fingerprint density at radius 1 is 1.53 bits per heavy atom. The number of ether oxygens (including phenoxy) is 1. The number of fused-ring (bicyclic) bond motifs is 2. The number of nitrogens with zero attached hydrogens (tertiary/aromatic N) is 1. The van der Waals surface area contributed by atoms with Gasteiger partial charge in [-0.25, -0.2) is 0 Å². The van der Waals surface area contributed by atoms with E-state index in [2.05, 4.69) is 46.0 Å². The van der Waals surface area contributed by atoms with E-state index in [1.807, 2.05) is 0 Å². The van der Waals surface area contributed by atoms with Crippen LogP contribution in [0.1, 0.15) is 30.4 Å². The maximum atomic E-state index is 5.91. The summed E-state index contributed by atoms with van der Waals surface area (Å²) in [5.74, 6) is 0. The molecule has 90 valence electrons. The van der Waals surface area contributed by atoms with Crippen molar-refractivity contribution in [3.8, 4) is 0 Å². The zero-order valence-electron chi connectivity index (χ0n) is 9.74. The highest BCUT2D eigenvalue weighted by Crippen LogP contribution is 2.51. The lowest BCUT2D eigenvalue weighted by molar-refractivity contribution is 0.0612. The van der Waals surface area contributed by atoms with Crippen LogP contribution in [0.2, 0.25) is 0 Å². The molecule has 0 bridgehead atoms. The molecule has 1 aromatic carbocycles. The predicted molar refractivity (Wildman–Crippen MR) is 71.8 cm³/mol. The first-order valence-corrected chi connectivity index (χ1v) is 6.82. The molecule has 0 radical (unpaired) electrons. The average molecular weight is 295 g/mol. The maximum absolute atomic E-state index is 5.91. The third kappa shape index (κ3) is 1.50. The van der Waals surface area contributed by atoms with Gasteiger partial charge in [-0.1, -0.05) is 34.1 Å². The Hall–Kier alpha value is -1.03. The van der Waals surface area contributed by atoms with Crippen molar-refractivity contribution in [2.75, 3.05) is 0 Å². The molecular weight excluding hydrogens is 280 g/mol. The molecule has 1 fully saturated rings. The van der Waals surface area contributed by atoms with Crippen molar-refractivity contribution < 1.29 is 4.74 Å². The Kier molecular flexibility index (Phi) is 2.43. The van der Waals surface area contributed by atoms with Crippen LogP contribution >= 0.6 is 15.9 Å². The van der Waals surface area contributed by atoms with E-state index >= 15 is 0 Å². The van der Waals surface area contributed by atoms with Gasteiger partial charge in [0, 0.05) is 5.56 Å². The molecule has 0 amide bonds. The number of amidine groups is 1. The average Bonchev–Trinajstić information content (AvgIpc) is 2.63. The zero-order valence-corrected chi connectivity index (χ0v) is 11.3. The molecule has 1 spiro atoms. The topological polar surface area (TPSA) is 47.6 Å². The Morgan fingerprint density at radius 2 is 2.35 bits per heavy atom. The smallest absolute Gasteiger partial charge is 0.288 e. The number of halogens is 1. The first-order valence-electron chi connectivity index (χ1n) is 5.91. The maximum Gasteiger partial charge on any atom is 0.288 e. The SMILES string of the molecule is Cc1cccc2c1N=C(N)O[C@@]21CCC[C@H]1Br. The van der Waals surface area contributed by atoms with Gasteiger partial charge in [0.2, 0.25) is 0 Å². The molecule has 1 aliphatic carbocycles. The van der Waals surface area contributed by atoms with Crippen LogP contribution < -0.4 is 5.73 Å². The molecular formula is C13H15BrN2O. The van der Waals surface area contributed by atoms with Crippen molar-refractivity contribution in [3.63, 3.8) is 0 Å². The fourth-order valence-corrected chi connectivity index (χ4v) is 3.77. The number of para-hydroxylation sites is 1. The van der Waals surface area contributed by atoms with Crippen LogP contribution in [0.15, 0.2) is 23.2 Å². The molecule has 0 unspecified atom stereocenters. The van der Waals surface area contributed by atoms with Crippen LogP contribution in [0.3, 0.4) is 0 Å². The second kappa shape index (κ2) is 3.73. The first-order chi connectivity index (χ1) is 8.13. The van der Waals surface area contributed by atoms with E-state index in [1.54, 1.807) is 0 Å². The van der Waals surface area contributed by atoms with Crippen molar-refractivity contribution >= 4 is 27.6 Å². The van der Waals surface area contributed by atoms with Crippen LogP contribution in [-0.2, 0) is 10.3 Å². The first kappa shape index (κ1) is 11.1. The van der Waals surface area contributed by atoms with Gasteiger partial charge in [0.1, 0.15) is 0 Å². The molecule has 1 aromatic rings. The fraction of sp³-hybridized carbons (Fsp3) is 0.462. The van der Waals surface area contributed by atoms with Gasteiger partial charge in [-0.05, 0) is 31.7 Å². The normalized spacial score (nSPS) is 30.9. The second-order valence-electron chi connectivity index (χ2n) is 4.77. The van der Waals surface area contributed by atoms with Gasteiger partial charge in [0.25, 0.3) is 6.02 Å². The van der Waals surface area contributed by atoms with E-state index in [0.717, 1.165) is 30.5 Å².